The summed E-state index contributed by atoms with van der Waals surface area (Å²) in [6, 6.07) is 10.5. The summed E-state index contributed by atoms with van der Waals surface area (Å²) >= 11 is 0. The molecule has 0 aliphatic carbocycles. The van der Waals surface area contributed by atoms with E-state index < -0.39 is 19.5 Å². The minimum absolute atomic E-state index is 0.160. The van der Waals surface area contributed by atoms with Crippen molar-refractivity contribution in [2.75, 3.05) is 13.1 Å². The summed E-state index contributed by atoms with van der Waals surface area (Å²) in [6.07, 6.45) is -0.479. The summed E-state index contributed by atoms with van der Waals surface area (Å²) in [4.78, 5) is 2.34. The van der Waals surface area contributed by atoms with Crippen molar-refractivity contribution >= 4 is 19.5 Å². The highest BCUT2D eigenvalue weighted by Gasteiger charge is 2.46. The average molecular weight is 354 g/mol. The van der Waals surface area contributed by atoms with Crippen LogP contribution in [0.3, 0.4) is 0 Å². The van der Waals surface area contributed by atoms with Gasteiger partial charge in [-0.3, -0.25) is 4.90 Å². The van der Waals surface area contributed by atoms with Crippen LogP contribution in [0, 0.1) is 11.3 Å². The Balaban J connectivity index is 2.04. The molecule has 1 aromatic carbocycles. The molecular formula is C17H31NO3Si2. The molecule has 0 amide bonds. The van der Waals surface area contributed by atoms with Crippen LogP contribution in [-0.2, 0) is 15.4 Å². The molecule has 1 fully saturated rings. The molecule has 1 aliphatic rings. The number of hydrogen-bond acceptors (Lipinski definition) is 4. The Morgan fingerprint density at radius 2 is 1.78 bits per heavy atom. The summed E-state index contributed by atoms with van der Waals surface area (Å²) in [5, 5.41) is 10.6. The molecule has 2 unspecified atom stereocenters. The third-order valence-corrected chi connectivity index (χ3v) is 6.09. The normalized spacial score (nSPS) is 25.1. The molecular weight excluding hydrogens is 322 g/mol. The smallest absolute Gasteiger partial charge is 0.161 e. The Bertz CT molecular complexity index is 466. The van der Waals surface area contributed by atoms with Gasteiger partial charge in [0.2, 0.25) is 0 Å². The molecule has 4 nitrogen and oxygen atoms in total. The van der Waals surface area contributed by atoms with Gasteiger partial charge in [0, 0.05) is 31.0 Å². The van der Waals surface area contributed by atoms with Crippen LogP contribution in [0.2, 0.25) is 13.1 Å². The molecule has 0 bridgehead atoms. The highest BCUT2D eigenvalue weighted by Crippen LogP contribution is 2.39. The molecule has 130 valence electrons. The van der Waals surface area contributed by atoms with Crippen LogP contribution in [0.5, 0.6) is 0 Å². The van der Waals surface area contributed by atoms with Crippen LogP contribution in [0.15, 0.2) is 30.3 Å². The van der Waals surface area contributed by atoms with Gasteiger partial charge in [-0.05, 0) is 5.56 Å². The maximum absolute atomic E-state index is 10.6. The SMILES string of the molecule is C[SiH2]OC(O[SiH2]C)C(C)(C)C1CN(Cc2ccccc2)CC1O. The van der Waals surface area contributed by atoms with Gasteiger partial charge in [-0.15, -0.1) is 0 Å². The first-order chi connectivity index (χ1) is 11.0. The zero-order chi connectivity index (χ0) is 16.9. The molecule has 1 N–H and O–H groups in total. The molecule has 1 heterocycles. The second-order valence-electron chi connectivity index (χ2n) is 6.92. The van der Waals surface area contributed by atoms with Crippen molar-refractivity contribution in [3.8, 4) is 0 Å². The largest absolute Gasteiger partial charge is 0.400 e. The molecule has 0 spiro atoms. The molecule has 23 heavy (non-hydrogen) atoms. The van der Waals surface area contributed by atoms with Crippen molar-refractivity contribution in [1.82, 2.24) is 4.90 Å². The van der Waals surface area contributed by atoms with Crippen LogP contribution < -0.4 is 0 Å². The summed E-state index contributed by atoms with van der Waals surface area (Å²) in [6.45, 7) is 11.2. The second kappa shape index (κ2) is 8.55. The molecule has 1 saturated heterocycles. The quantitative estimate of drug-likeness (QED) is 0.562. The fraction of sp³-hybridized carbons (Fsp3) is 0.647. The van der Waals surface area contributed by atoms with E-state index in [0.717, 1.165) is 19.6 Å². The summed E-state index contributed by atoms with van der Waals surface area (Å²) < 4.78 is 12.0. The van der Waals surface area contributed by atoms with Crippen LogP contribution in [0.25, 0.3) is 0 Å². The number of likely N-dealkylation sites (tertiary alicyclic amines) is 1. The number of rotatable bonds is 8. The number of nitrogens with zero attached hydrogens (tertiary/aromatic N) is 1. The maximum Gasteiger partial charge on any atom is 0.161 e. The van der Waals surface area contributed by atoms with E-state index in [1.165, 1.54) is 5.56 Å². The van der Waals surface area contributed by atoms with Crippen molar-refractivity contribution in [3.05, 3.63) is 35.9 Å². The molecule has 0 radical (unpaired) electrons. The van der Waals surface area contributed by atoms with Crippen molar-refractivity contribution < 1.29 is 14.0 Å². The van der Waals surface area contributed by atoms with Gasteiger partial charge in [-0.25, -0.2) is 0 Å². The average Bonchev–Trinajstić information content (AvgIpc) is 2.89. The van der Waals surface area contributed by atoms with Gasteiger partial charge >= 0.3 is 0 Å². The van der Waals surface area contributed by atoms with Gasteiger partial charge in [0.15, 0.2) is 19.5 Å². The van der Waals surface area contributed by atoms with Gasteiger partial charge in [-0.2, -0.15) is 0 Å². The molecule has 1 aliphatic heterocycles. The van der Waals surface area contributed by atoms with E-state index in [2.05, 4.69) is 56.1 Å². The number of hydrogen-bond donors (Lipinski definition) is 1. The van der Waals surface area contributed by atoms with Crippen LogP contribution >= 0.6 is 0 Å². The monoisotopic (exact) mass is 353 g/mol. The fourth-order valence-corrected chi connectivity index (χ4v) is 5.37. The van der Waals surface area contributed by atoms with E-state index in [-0.39, 0.29) is 23.7 Å². The summed E-state index contributed by atoms with van der Waals surface area (Å²) in [5.74, 6) is 0.178. The molecule has 2 atom stereocenters. The Kier molecular flexibility index (Phi) is 7.00. The van der Waals surface area contributed by atoms with E-state index in [4.69, 9.17) is 8.85 Å². The lowest BCUT2D eigenvalue weighted by atomic mass is 9.76. The fourth-order valence-electron chi connectivity index (χ4n) is 3.52. The van der Waals surface area contributed by atoms with E-state index in [1.807, 2.05) is 6.07 Å². The minimum atomic E-state index is -0.535. The van der Waals surface area contributed by atoms with Crippen molar-refractivity contribution in [2.45, 2.75) is 45.9 Å². The van der Waals surface area contributed by atoms with Crippen LogP contribution in [0.4, 0.5) is 0 Å². The number of aliphatic hydroxyl groups excluding tert-OH is 1. The van der Waals surface area contributed by atoms with E-state index >= 15 is 0 Å². The standard InChI is InChI=1S/C17H31NO3Si2/c1-17(2,16(20-22-3)21-23-4)14-11-18(12-15(14)19)10-13-8-6-5-7-9-13/h5-9,14-16,19H,10-12,22-23H2,1-4H3. The van der Waals surface area contributed by atoms with Gasteiger partial charge < -0.3 is 14.0 Å². The summed E-state index contributed by atoms with van der Waals surface area (Å²) in [5.41, 5.74) is 1.13. The molecule has 2 rings (SSSR count). The predicted octanol–water partition coefficient (Wildman–Crippen LogP) is 1.13. The van der Waals surface area contributed by atoms with Crippen LogP contribution in [0.1, 0.15) is 19.4 Å². The Labute approximate surface area is 145 Å². The first-order valence-corrected chi connectivity index (χ1v) is 12.6. The van der Waals surface area contributed by atoms with Gasteiger partial charge in [0.1, 0.15) is 6.29 Å². The lowest BCUT2D eigenvalue weighted by Crippen LogP contribution is -2.45. The highest BCUT2D eigenvalue weighted by molar-refractivity contribution is 6.26. The Morgan fingerprint density at radius 1 is 1.17 bits per heavy atom. The lowest BCUT2D eigenvalue weighted by molar-refractivity contribution is -0.118. The Morgan fingerprint density at radius 3 is 2.35 bits per heavy atom. The Hall–Kier alpha value is -0.506. The summed E-state index contributed by atoms with van der Waals surface area (Å²) in [7, 11) is -1.07. The third-order valence-electron chi connectivity index (χ3n) is 4.81. The number of aliphatic hydroxyl groups is 1. The van der Waals surface area contributed by atoms with Gasteiger partial charge in [0.25, 0.3) is 0 Å². The number of benzene rings is 1. The highest BCUT2D eigenvalue weighted by atomic mass is 28.2. The zero-order valence-corrected chi connectivity index (χ0v) is 17.7. The van der Waals surface area contributed by atoms with E-state index in [1.54, 1.807) is 0 Å². The van der Waals surface area contributed by atoms with Crippen molar-refractivity contribution in [1.29, 1.82) is 0 Å². The molecule has 6 heteroatoms. The minimum Gasteiger partial charge on any atom is -0.400 e. The zero-order valence-electron chi connectivity index (χ0n) is 14.9. The van der Waals surface area contributed by atoms with E-state index in [0.29, 0.717) is 0 Å². The van der Waals surface area contributed by atoms with Gasteiger partial charge in [0.05, 0.1) is 6.10 Å². The third kappa shape index (κ3) is 4.74. The van der Waals surface area contributed by atoms with E-state index in [9.17, 15) is 5.11 Å². The first-order valence-electron chi connectivity index (χ1n) is 8.66. The molecule has 1 aromatic rings. The first kappa shape index (κ1) is 18.8. The second-order valence-corrected chi connectivity index (χ2v) is 8.74. The predicted molar refractivity (Wildman–Crippen MR) is 99.8 cm³/mol. The molecule has 0 saturated carbocycles. The van der Waals surface area contributed by atoms with Gasteiger partial charge in [-0.1, -0.05) is 57.3 Å². The number of β-amino-alcohol motifs (C(OH)–C–C–N with tert-alkyl or cyclic N) is 1. The molecule has 0 aromatic heterocycles. The maximum atomic E-state index is 10.6. The van der Waals surface area contributed by atoms with Crippen molar-refractivity contribution in [2.24, 2.45) is 11.3 Å². The topological polar surface area (TPSA) is 41.9 Å². The van der Waals surface area contributed by atoms with Crippen LogP contribution in [-0.4, -0.2) is 55.0 Å². The lowest BCUT2D eigenvalue weighted by Gasteiger charge is -2.40. The van der Waals surface area contributed by atoms with Crippen molar-refractivity contribution in [3.63, 3.8) is 0 Å².